The minimum atomic E-state index is -0.153. The fourth-order valence-electron chi connectivity index (χ4n) is 4.64. The second kappa shape index (κ2) is 8.83. The van der Waals surface area contributed by atoms with Crippen LogP contribution in [0.25, 0.3) is 10.9 Å². The molecule has 1 fully saturated rings. The first-order valence-corrected chi connectivity index (χ1v) is 10.6. The van der Waals surface area contributed by atoms with E-state index in [1.54, 1.807) is 0 Å². The lowest BCUT2D eigenvalue weighted by molar-refractivity contribution is -0.140. The Balaban J connectivity index is 1.43. The molecule has 1 aliphatic rings. The zero-order valence-electron chi connectivity index (χ0n) is 17.4. The number of para-hydroxylation sites is 1. The Morgan fingerprint density at radius 2 is 2.00 bits per heavy atom. The molecule has 0 amide bonds. The molecule has 0 bridgehead atoms. The number of aromatic amines is 1. The number of ether oxygens (including phenoxy) is 1. The van der Waals surface area contributed by atoms with Gasteiger partial charge in [0, 0.05) is 35.6 Å². The van der Waals surface area contributed by atoms with Crippen LogP contribution in [0.15, 0.2) is 54.7 Å². The van der Waals surface area contributed by atoms with E-state index in [9.17, 15) is 4.79 Å². The van der Waals surface area contributed by atoms with Gasteiger partial charge in [0.2, 0.25) is 0 Å². The van der Waals surface area contributed by atoms with Crippen molar-refractivity contribution in [3.63, 3.8) is 0 Å². The zero-order chi connectivity index (χ0) is 20.2. The van der Waals surface area contributed by atoms with Gasteiger partial charge in [-0.3, -0.25) is 9.69 Å². The number of hydrogen-bond donors (Lipinski definition) is 1. The number of nitrogens with one attached hydrogen (secondary N) is 1. The number of aryl methyl sites for hydroxylation is 1. The molecule has 2 atom stereocenters. The lowest BCUT2D eigenvalue weighted by Gasteiger charge is -2.31. The second-order valence-corrected chi connectivity index (χ2v) is 8.09. The Morgan fingerprint density at radius 1 is 1.21 bits per heavy atom. The van der Waals surface area contributed by atoms with Crippen molar-refractivity contribution in [2.45, 2.75) is 51.1 Å². The molecule has 3 aromatic rings. The number of rotatable bonds is 7. The molecule has 1 saturated heterocycles. The van der Waals surface area contributed by atoms with E-state index in [2.05, 4.69) is 71.5 Å². The van der Waals surface area contributed by atoms with E-state index >= 15 is 0 Å². The molecule has 1 aliphatic heterocycles. The number of fused-ring (bicyclic) bond motifs is 1. The molecule has 4 heteroatoms. The molecule has 1 N–H and O–H groups in total. The van der Waals surface area contributed by atoms with E-state index in [1.807, 2.05) is 0 Å². The Hall–Kier alpha value is -2.59. The third-order valence-corrected chi connectivity index (χ3v) is 6.36. The van der Waals surface area contributed by atoms with Crippen molar-refractivity contribution in [3.8, 4) is 0 Å². The first kappa shape index (κ1) is 19.7. The minimum Gasteiger partial charge on any atom is -0.469 e. The van der Waals surface area contributed by atoms with Crippen LogP contribution < -0.4 is 0 Å². The molecule has 29 heavy (non-hydrogen) atoms. The maximum Gasteiger partial charge on any atom is 0.305 e. The summed E-state index contributed by atoms with van der Waals surface area (Å²) >= 11 is 0. The van der Waals surface area contributed by atoms with Crippen molar-refractivity contribution in [2.75, 3.05) is 13.7 Å². The van der Waals surface area contributed by atoms with Crippen LogP contribution >= 0.6 is 0 Å². The number of carbonyl (C=O) groups is 1. The molecular formula is C25H30N2O2. The second-order valence-electron chi connectivity index (χ2n) is 8.09. The first-order valence-electron chi connectivity index (χ1n) is 10.6. The van der Waals surface area contributed by atoms with E-state index < -0.39 is 0 Å². The van der Waals surface area contributed by atoms with Gasteiger partial charge >= 0.3 is 5.97 Å². The summed E-state index contributed by atoms with van der Waals surface area (Å²) in [4.78, 5) is 17.4. The van der Waals surface area contributed by atoms with Gasteiger partial charge in [-0.05, 0) is 61.9 Å². The molecular weight excluding hydrogens is 360 g/mol. The predicted molar refractivity (Wildman–Crippen MR) is 117 cm³/mol. The standard InChI is InChI=1S/C25H30N2O2/c1-18(20-12-9-19(10-13-20)11-14-25(28)29-2)27-15-5-6-22(27)16-21-17-26-24-8-4-3-7-23(21)24/h3-4,7-10,12-13,17-18,22,26H,5-6,11,14-16H2,1-2H3/t18-,22-/m1/s1. The monoisotopic (exact) mass is 390 g/mol. The fourth-order valence-corrected chi connectivity index (χ4v) is 4.64. The van der Waals surface area contributed by atoms with Gasteiger partial charge in [-0.1, -0.05) is 42.5 Å². The van der Waals surface area contributed by atoms with Crippen LogP contribution in [0.4, 0.5) is 0 Å². The number of aromatic nitrogens is 1. The van der Waals surface area contributed by atoms with Crippen LogP contribution in [0, 0.1) is 0 Å². The molecule has 4 rings (SSSR count). The van der Waals surface area contributed by atoms with Crippen LogP contribution in [-0.2, 0) is 22.4 Å². The molecule has 4 nitrogen and oxygen atoms in total. The van der Waals surface area contributed by atoms with Gasteiger partial charge < -0.3 is 9.72 Å². The number of benzene rings is 2. The van der Waals surface area contributed by atoms with E-state index in [1.165, 1.54) is 47.5 Å². The van der Waals surface area contributed by atoms with Crippen molar-refractivity contribution < 1.29 is 9.53 Å². The third-order valence-electron chi connectivity index (χ3n) is 6.36. The first-order chi connectivity index (χ1) is 14.2. The predicted octanol–water partition coefficient (Wildman–Crippen LogP) is 5.04. The quantitative estimate of drug-likeness (QED) is 0.575. The molecule has 2 aromatic carbocycles. The number of nitrogens with zero attached hydrogens (tertiary/aromatic N) is 1. The van der Waals surface area contributed by atoms with Gasteiger partial charge in [0.05, 0.1) is 7.11 Å². The lowest BCUT2D eigenvalue weighted by atomic mass is 9.99. The average molecular weight is 391 g/mol. The summed E-state index contributed by atoms with van der Waals surface area (Å²) in [5.41, 5.74) is 5.17. The molecule has 1 aromatic heterocycles. The van der Waals surface area contributed by atoms with Gasteiger partial charge in [0.1, 0.15) is 0 Å². The zero-order valence-corrected chi connectivity index (χ0v) is 17.4. The van der Waals surface area contributed by atoms with Gasteiger partial charge in [-0.25, -0.2) is 0 Å². The number of H-pyrrole nitrogens is 1. The van der Waals surface area contributed by atoms with Crippen LogP contribution in [0.2, 0.25) is 0 Å². The number of hydrogen-bond acceptors (Lipinski definition) is 3. The minimum absolute atomic E-state index is 0.153. The van der Waals surface area contributed by atoms with Gasteiger partial charge in [0.15, 0.2) is 0 Å². The van der Waals surface area contributed by atoms with E-state index in [0.717, 1.165) is 19.4 Å². The van der Waals surface area contributed by atoms with E-state index in [0.29, 0.717) is 18.5 Å². The smallest absolute Gasteiger partial charge is 0.305 e. The molecule has 2 heterocycles. The normalized spacial score (nSPS) is 18.2. The number of likely N-dealkylation sites (tertiary alicyclic amines) is 1. The fraction of sp³-hybridized carbons (Fsp3) is 0.400. The molecule has 152 valence electrons. The SMILES string of the molecule is COC(=O)CCc1ccc([C@@H](C)N2CCC[C@@H]2Cc2c[nH]c3ccccc23)cc1. The maximum absolute atomic E-state index is 11.4. The topological polar surface area (TPSA) is 45.3 Å². The number of esters is 1. The molecule has 0 aliphatic carbocycles. The van der Waals surface area contributed by atoms with Gasteiger partial charge in [-0.15, -0.1) is 0 Å². The van der Waals surface area contributed by atoms with Crippen LogP contribution in [-0.4, -0.2) is 35.5 Å². The highest BCUT2D eigenvalue weighted by Crippen LogP contribution is 2.32. The number of carbonyl (C=O) groups excluding carboxylic acids is 1. The van der Waals surface area contributed by atoms with Crippen molar-refractivity contribution in [1.29, 1.82) is 0 Å². The van der Waals surface area contributed by atoms with E-state index in [-0.39, 0.29) is 5.97 Å². The summed E-state index contributed by atoms with van der Waals surface area (Å²) < 4.78 is 4.74. The highest BCUT2D eigenvalue weighted by atomic mass is 16.5. The highest BCUT2D eigenvalue weighted by Gasteiger charge is 2.29. The van der Waals surface area contributed by atoms with Crippen LogP contribution in [0.1, 0.15) is 48.9 Å². The Kier molecular flexibility index (Phi) is 6.00. The maximum atomic E-state index is 11.4. The molecule has 0 unspecified atom stereocenters. The molecule has 0 saturated carbocycles. The number of methoxy groups -OCH3 is 1. The lowest BCUT2D eigenvalue weighted by Crippen LogP contribution is -2.33. The Bertz CT molecular complexity index is 960. The summed E-state index contributed by atoms with van der Waals surface area (Å²) in [5, 5.41) is 1.35. The summed E-state index contributed by atoms with van der Waals surface area (Å²) in [6, 6.07) is 18.3. The Morgan fingerprint density at radius 3 is 2.79 bits per heavy atom. The summed E-state index contributed by atoms with van der Waals surface area (Å²) in [6.45, 7) is 3.47. The summed E-state index contributed by atoms with van der Waals surface area (Å²) in [7, 11) is 1.44. The highest BCUT2D eigenvalue weighted by molar-refractivity contribution is 5.83. The van der Waals surface area contributed by atoms with Crippen molar-refractivity contribution in [2.24, 2.45) is 0 Å². The summed E-state index contributed by atoms with van der Waals surface area (Å²) in [6.07, 6.45) is 6.95. The largest absolute Gasteiger partial charge is 0.469 e. The van der Waals surface area contributed by atoms with Crippen molar-refractivity contribution in [3.05, 3.63) is 71.4 Å². The average Bonchev–Trinajstić information content (AvgIpc) is 3.39. The van der Waals surface area contributed by atoms with Crippen LogP contribution in [0.3, 0.4) is 0 Å². The molecule has 0 spiro atoms. The van der Waals surface area contributed by atoms with Crippen LogP contribution in [0.5, 0.6) is 0 Å². The van der Waals surface area contributed by atoms with Crippen molar-refractivity contribution in [1.82, 2.24) is 9.88 Å². The van der Waals surface area contributed by atoms with E-state index in [4.69, 9.17) is 4.74 Å². The molecule has 0 radical (unpaired) electrons. The van der Waals surface area contributed by atoms with Gasteiger partial charge in [0.25, 0.3) is 0 Å². The van der Waals surface area contributed by atoms with Crippen molar-refractivity contribution >= 4 is 16.9 Å². The Labute approximate surface area is 172 Å². The van der Waals surface area contributed by atoms with Gasteiger partial charge in [-0.2, -0.15) is 0 Å². The third kappa shape index (κ3) is 4.38. The summed E-state index contributed by atoms with van der Waals surface area (Å²) in [5.74, 6) is -0.153.